The molecule has 2 heterocycles. The normalized spacial score (nSPS) is 19.2. The molecule has 1 aromatic heterocycles. The van der Waals surface area contributed by atoms with Gasteiger partial charge in [0.25, 0.3) is 0 Å². The van der Waals surface area contributed by atoms with E-state index >= 15 is 0 Å². The first-order valence-electron chi connectivity index (χ1n) is 6.54. The topological polar surface area (TPSA) is 56.3 Å². The van der Waals surface area contributed by atoms with Gasteiger partial charge in [0.2, 0.25) is 5.88 Å². The molecule has 1 saturated heterocycles. The number of ether oxygens (including phenoxy) is 2. The summed E-state index contributed by atoms with van der Waals surface area (Å²) in [5.74, 6) is 1.90. The zero-order valence-corrected chi connectivity index (χ0v) is 11.1. The third kappa shape index (κ3) is 4.14. The largest absolute Gasteiger partial charge is 0.477 e. The number of hydrogen-bond donors (Lipinski definition) is 1. The monoisotopic (exact) mass is 251 g/mol. The van der Waals surface area contributed by atoms with E-state index in [0.717, 1.165) is 31.8 Å². The fourth-order valence-electron chi connectivity index (χ4n) is 1.79. The molecule has 5 heteroatoms. The van der Waals surface area contributed by atoms with Gasteiger partial charge in [0.05, 0.1) is 12.7 Å². The Hall–Kier alpha value is -1.36. The van der Waals surface area contributed by atoms with Crippen LogP contribution in [0.4, 0.5) is 5.82 Å². The van der Waals surface area contributed by atoms with Crippen LogP contribution in [0, 0.1) is 5.92 Å². The van der Waals surface area contributed by atoms with Crippen LogP contribution in [0.15, 0.2) is 12.4 Å². The fraction of sp³-hybridized carbons (Fsp3) is 0.692. The molecule has 0 aliphatic carbocycles. The molecule has 5 nitrogen and oxygen atoms in total. The zero-order valence-electron chi connectivity index (χ0n) is 11.1. The van der Waals surface area contributed by atoms with Crippen LogP contribution in [0.2, 0.25) is 0 Å². The van der Waals surface area contributed by atoms with E-state index in [1.165, 1.54) is 6.33 Å². The van der Waals surface area contributed by atoms with Gasteiger partial charge in [-0.1, -0.05) is 13.8 Å². The van der Waals surface area contributed by atoms with Crippen molar-refractivity contribution < 1.29 is 9.47 Å². The summed E-state index contributed by atoms with van der Waals surface area (Å²) in [5, 5.41) is 3.26. The van der Waals surface area contributed by atoms with E-state index in [9.17, 15) is 0 Å². The molecule has 1 N–H and O–H groups in total. The first kappa shape index (κ1) is 13.1. The van der Waals surface area contributed by atoms with Crippen molar-refractivity contribution in [2.75, 3.05) is 25.1 Å². The Labute approximate surface area is 108 Å². The van der Waals surface area contributed by atoms with Crippen LogP contribution in [0.5, 0.6) is 5.88 Å². The summed E-state index contributed by atoms with van der Waals surface area (Å²) in [5.41, 5.74) is 0. The van der Waals surface area contributed by atoms with E-state index < -0.39 is 0 Å². The molecular formula is C13H21N3O2. The maximum atomic E-state index is 5.56. The minimum Gasteiger partial charge on any atom is -0.477 e. The number of aromatic nitrogens is 2. The van der Waals surface area contributed by atoms with Crippen LogP contribution in [-0.4, -0.2) is 35.8 Å². The highest BCUT2D eigenvalue weighted by atomic mass is 16.5. The molecule has 0 saturated carbocycles. The van der Waals surface area contributed by atoms with Crippen molar-refractivity contribution in [1.29, 1.82) is 0 Å². The van der Waals surface area contributed by atoms with Gasteiger partial charge in [0.15, 0.2) is 0 Å². The number of nitrogens with zero attached hydrogens (tertiary/aromatic N) is 2. The standard InChI is InChI=1S/C13H21N3O2/c1-10(2)8-18-13-6-12(15-9-16-13)14-7-11-4-3-5-17-11/h6,9-11H,3-5,7-8H2,1-2H3,(H,14,15,16). The maximum Gasteiger partial charge on any atom is 0.218 e. The molecule has 0 amide bonds. The highest BCUT2D eigenvalue weighted by Gasteiger charge is 2.15. The molecule has 1 atom stereocenters. The summed E-state index contributed by atoms with van der Waals surface area (Å²) in [6.07, 6.45) is 4.10. The van der Waals surface area contributed by atoms with Crippen molar-refractivity contribution in [3.05, 3.63) is 12.4 Å². The minimum atomic E-state index is 0.306. The van der Waals surface area contributed by atoms with E-state index in [1.807, 2.05) is 6.07 Å². The molecule has 100 valence electrons. The highest BCUT2D eigenvalue weighted by molar-refractivity contribution is 5.37. The summed E-state index contributed by atoms with van der Waals surface area (Å²) in [6, 6.07) is 1.83. The molecule has 1 fully saturated rings. The first-order chi connectivity index (χ1) is 8.74. The predicted molar refractivity (Wildman–Crippen MR) is 69.8 cm³/mol. The van der Waals surface area contributed by atoms with Gasteiger partial charge in [0, 0.05) is 19.2 Å². The average Bonchev–Trinajstić information content (AvgIpc) is 2.87. The second kappa shape index (κ2) is 6.54. The van der Waals surface area contributed by atoms with Gasteiger partial charge in [-0.2, -0.15) is 0 Å². The van der Waals surface area contributed by atoms with E-state index in [4.69, 9.17) is 9.47 Å². The van der Waals surface area contributed by atoms with E-state index in [2.05, 4.69) is 29.1 Å². The van der Waals surface area contributed by atoms with E-state index in [-0.39, 0.29) is 0 Å². The van der Waals surface area contributed by atoms with Crippen LogP contribution < -0.4 is 10.1 Å². The average molecular weight is 251 g/mol. The number of hydrogen-bond acceptors (Lipinski definition) is 5. The Kier molecular flexibility index (Phi) is 4.75. The summed E-state index contributed by atoms with van der Waals surface area (Å²) in [4.78, 5) is 8.26. The summed E-state index contributed by atoms with van der Waals surface area (Å²) in [6.45, 7) is 6.55. The van der Waals surface area contributed by atoms with E-state index in [0.29, 0.717) is 24.5 Å². The van der Waals surface area contributed by atoms with Crippen molar-refractivity contribution in [1.82, 2.24) is 9.97 Å². The highest BCUT2D eigenvalue weighted by Crippen LogP contribution is 2.15. The Morgan fingerprint density at radius 2 is 2.39 bits per heavy atom. The fourth-order valence-corrected chi connectivity index (χ4v) is 1.79. The molecule has 0 spiro atoms. The third-order valence-corrected chi connectivity index (χ3v) is 2.74. The second-order valence-corrected chi connectivity index (χ2v) is 4.96. The van der Waals surface area contributed by atoms with Gasteiger partial charge in [-0.05, 0) is 18.8 Å². The Balaban J connectivity index is 1.82. The van der Waals surface area contributed by atoms with Crippen LogP contribution in [0.1, 0.15) is 26.7 Å². The number of rotatable bonds is 6. The molecule has 18 heavy (non-hydrogen) atoms. The SMILES string of the molecule is CC(C)COc1cc(NCC2CCCO2)ncn1. The third-order valence-electron chi connectivity index (χ3n) is 2.74. The maximum absolute atomic E-state index is 5.56. The van der Waals surface area contributed by atoms with Gasteiger partial charge >= 0.3 is 0 Å². The molecule has 0 radical (unpaired) electrons. The summed E-state index contributed by atoms with van der Waals surface area (Å²) >= 11 is 0. The molecule has 1 aromatic rings. The number of nitrogens with one attached hydrogen (secondary N) is 1. The lowest BCUT2D eigenvalue weighted by Crippen LogP contribution is -2.19. The van der Waals surface area contributed by atoms with Gasteiger partial charge in [0.1, 0.15) is 12.1 Å². The molecule has 1 aliphatic heterocycles. The van der Waals surface area contributed by atoms with Crippen LogP contribution >= 0.6 is 0 Å². The van der Waals surface area contributed by atoms with Crippen molar-refractivity contribution in [3.63, 3.8) is 0 Å². The second-order valence-electron chi connectivity index (χ2n) is 4.96. The van der Waals surface area contributed by atoms with E-state index in [1.54, 1.807) is 0 Å². The molecule has 1 aliphatic rings. The number of anilines is 1. The van der Waals surface area contributed by atoms with Gasteiger partial charge < -0.3 is 14.8 Å². The lowest BCUT2D eigenvalue weighted by atomic mass is 10.2. The molecule has 2 rings (SSSR count). The van der Waals surface area contributed by atoms with Gasteiger partial charge in [-0.3, -0.25) is 0 Å². The van der Waals surface area contributed by atoms with Gasteiger partial charge in [-0.15, -0.1) is 0 Å². The molecule has 0 bridgehead atoms. The molecule has 1 unspecified atom stereocenters. The first-order valence-corrected chi connectivity index (χ1v) is 6.54. The Bertz CT molecular complexity index is 365. The van der Waals surface area contributed by atoms with Crippen molar-refractivity contribution in [2.24, 2.45) is 5.92 Å². The molecule has 0 aromatic carbocycles. The zero-order chi connectivity index (χ0) is 12.8. The quantitative estimate of drug-likeness (QED) is 0.839. The van der Waals surface area contributed by atoms with Crippen LogP contribution in [0.3, 0.4) is 0 Å². The smallest absolute Gasteiger partial charge is 0.218 e. The van der Waals surface area contributed by atoms with Crippen molar-refractivity contribution in [2.45, 2.75) is 32.8 Å². The Morgan fingerprint density at radius 1 is 1.50 bits per heavy atom. The Morgan fingerprint density at radius 3 is 3.11 bits per heavy atom. The minimum absolute atomic E-state index is 0.306. The predicted octanol–water partition coefficient (Wildman–Crippen LogP) is 2.10. The lowest BCUT2D eigenvalue weighted by Gasteiger charge is -2.12. The van der Waals surface area contributed by atoms with Crippen molar-refractivity contribution in [3.8, 4) is 5.88 Å². The summed E-state index contributed by atoms with van der Waals surface area (Å²) in [7, 11) is 0. The van der Waals surface area contributed by atoms with Crippen LogP contribution in [-0.2, 0) is 4.74 Å². The molecular weight excluding hydrogens is 230 g/mol. The van der Waals surface area contributed by atoms with Crippen LogP contribution in [0.25, 0.3) is 0 Å². The summed E-state index contributed by atoms with van der Waals surface area (Å²) < 4.78 is 11.1. The van der Waals surface area contributed by atoms with Crippen molar-refractivity contribution >= 4 is 5.82 Å². The van der Waals surface area contributed by atoms with Gasteiger partial charge in [-0.25, -0.2) is 9.97 Å². The lowest BCUT2D eigenvalue weighted by molar-refractivity contribution is 0.120.